The number of halogens is 1. The van der Waals surface area contributed by atoms with Crippen LogP contribution in [0.25, 0.3) is 0 Å². The topological polar surface area (TPSA) is 78.5 Å². The second-order valence-corrected chi connectivity index (χ2v) is 9.77. The molecule has 1 fully saturated rings. The Labute approximate surface area is 183 Å². The van der Waals surface area contributed by atoms with Gasteiger partial charge in [0.05, 0.1) is 4.90 Å². The average molecular weight is 448 g/mol. The second-order valence-electron chi connectivity index (χ2n) is 8.08. The summed E-state index contributed by atoms with van der Waals surface area (Å²) < 4.78 is 40.8. The number of anilines is 1. The zero-order chi connectivity index (χ0) is 22.4. The van der Waals surface area contributed by atoms with Crippen molar-refractivity contribution in [2.75, 3.05) is 24.4 Å². The van der Waals surface area contributed by atoms with Crippen LogP contribution in [0.3, 0.4) is 0 Å². The summed E-state index contributed by atoms with van der Waals surface area (Å²) in [6.07, 6.45) is 4.67. The first-order valence-corrected chi connectivity index (χ1v) is 12.2. The van der Waals surface area contributed by atoms with Gasteiger partial charge in [-0.15, -0.1) is 0 Å². The zero-order valence-electron chi connectivity index (χ0n) is 18.0. The standard InChI is InChI=1S/C23H30FN3O3S/c1-17-16-21(11-12-22(17)24)31(29,30)26-20-9-7-19(8-10-20)23(28)25-13-5-15-27-14-4-3-6-18(27)2/h7-12,16,18,26H,3-6,13-15H2,1-2H3,(H,25,28). The maximum atomic E-state index is 13.4. The van der Waals surface area contributed by atoms with Gasteiger partial charge in [-0.1, -0.05) is 6.42 Å². The molecule has 0 aliphatic carbocycles. The molecule has 1 aliphatic rings. The molecule has 0 saturated carbocycles. The molecule has 1 atom stereocenters. The van der Waals surface area contributed by atoms with Crippen molar-refractivity contribution >= 4 is 21.6 Å². The van der Waals surface area contributed by atoms with Crippen molar-refractivity contribution in [3.63, 3.8) is 0 Å². The molecule has 31 heavy (non-hydrogen) atoms. The number of nitrogens with zero attached hydrogens (tertiary/aromatic N) is 1. The predicted molar refractivity (Wildman–Crippen MR) is 120 cm³/mol. The maximum absolute atomic E-state index is 13.4. The number of nitrogens with one attached hydrogen (secondary N) is 2. The first-order valence-electron chi connectivity index (χ1n) is 10.7. The Balaban J connectivity index is 1.50. The molecule has 1 unspecified atom stereocenters. The first kappa shape index (κ1) is 23.2. The number of aryl methyl sites for hydroxylation is 1. The molecule has 2 aromatic rings. The van der Waals surface area contributed by atoms with E-state index >= 15 is 0 Å². The molecule has 2 aromatic carbocycles. The van der Waals surface area contributed by atoms with Crippen LogP contribution in [-0.2, 0) is 10.0 Å². The van der Waals surface area contributed by atoms with E-state index in [1.807, 2.05) is 0 Å². The summed E-state index contributed by atoms with van der Waals surface area (Å²) in [6, 6.07) is 10.5. The lowest BCUT2D eigenvalue weighted by molar-refractivity contribution is 0.0949. The van der Waals surface area contributed by atoms with Crippen molar-refractivity contribution in [1.82, 2.24) is 10.2 Å². The number of hydrogen-bond acceptors (Lipinski definition) is 4. The minimum Gasteiger partial charge on any atom is -0.352 e. The maximum Gasteiger partial charge on any atom is 0.261 e. The van der Waals surface area contributed by atoms with Crippen molar-refractivity contribution in [3.8, 4) is 0 Å². The van der Waals surface area contributed by atoms with E-state index in [1.54, 1.807) is 12.1 Å². The van der Waals surface area contributed by atoms with Crippen molar-refractivity contribution < 1.29 is 17.6 Å². The number of hydrogen-bond donors (Lipinski definition) is 2. The third-order valence-corrected chi connectivity index (χ3v) is 7.07. The molecular formula is C23H30FN3O3S. The highest BCUT2D eigenvalue weighted by Gasteiger charge is 2.18. The van der Waals surface area contributed by atoms with Crippen molar-refractivity contribution in [1.29, 1.82) is 0 Å². The number of carbonyl (C=O) groups is 1. The molecule has 1 aliphatic heterocycles. The Kier molecular flexibility index (Phi) is 7.67. The number of carbonyl (C=O) groups excluding carboxylic acids is 1. The summed E-state index contributed by atoms with van der Waals surface area (Å²) in [7, 11) is -3.84. The lowest BCUT2D eigenvalue weighted by Gasteiger charge is -2.33. The van der Waals surface area contributed by atoms with E-state index in [4.69, 9.17) is 0 Å². The molecule has 0 aromatic heterocycles. The third kappa shape index (κ3) is 6.27. The minimum atomic E-state index is -3.84. The average Bonchev–Trinajstić information content (AvgIpc) is 2.74. The van der Waals surface area contributed by atoms with E-state index in [0.717, 1.165) is 25.6 Å². The van der Waals surface area contributed by atoms with Crippen LogP contribution in [0.1, 0.15) is 48.5 Å². The quantitative estimate of drug-likeness (QED) is 0.601. The Morgan fingerprint density at radius 3 is 2.58 bits per heavy atom. The molecule has 2 N–H and O–H groups in total. The fourth-order valence-electron chi connectivity index (χ4n) is 3.76. The van der Waals surface area contributed by atoms with E-state index < -0.39 is 15.8 Å². The van der Waals surface area contributed by atoms with Gasteiger partial charge in [-0.2, -0.15) is 0 Å². The molecule has 3 rings (SSSR count). The van der Waals surface area contributed by atoms with Gasteiger partial charge < -0.3 is 10.2 Å². The SMILES string of the molecule is Cc1cc(S(=O)(=O)Nc2ccc(C(=O)NCCCN3CCCCC3C)cc2)ccc1F. The number of likely N-dealkylation sites (tertiary alicyclic amines) is 1. The van der Waals surface area contributed by atoms with E-state index in [0.29, 0.717) is 23.8 Å². The van der Waals surface area contributed by atoms with E-state index in [2.05, 4.69) is 21.9 Å². The van der Waals surface area contributed by atoms with Gasteiger partial charge in [0.25, 0.3) is 15.9 Å². The second kappa shape index (κ2) is 10.2. The number of sulfonamides is 1. The monoisotopic (exact) mass is 447 g/mol. The van der Waals surface area contributed by atoms with Gasteiger partial charge in [0, 0.05) is 30.4 Å². The molecule has 1 saturated heterocycles. The van der Waals surface area contributed by atoms with Gasteiger partial charge in [-0.3, -0.25) is 9.52 Å². The van der Waals surface area contributed by atoms with Crippen LogP contribution in [0.15, 0.2) is 47.4 Å². The number of amides is 1. The summed E-state index contributed by atoms with van der Waals surface area (Å²) in [5, 5.41) is 2.92. The van der Waals surface area contributed by atoms with Crippen LogP contribution >= 0.6 is 0 Å². The lowest BCUT2D eigenvalue weighted by atomic mass is 10.0. The number of benzene rings is 2. The Morgan fingerprint density at radius 1 is 1.16 bits per heavy atom. The van der Waals surface area contributed by atoms with Gasteiger partial charge in [0.2, 0.25) is 0 Å². The number of piperidine rings is 1. The summed E-state index contributed by atoms with van der Waals surface area (Å²) in [5.74, 6) is -0.644. The fraction of sp³-hybridized carbons (Fsp3) is 0.435. The summed E-state index contributed by atoms with van der Waals surface area (Å²) in [6.45, 7) is 6.47. The van der Waals surface area contributed by atoms with Crippen LogP contribution in [0.5, 0.6) is 0 Å². The molecule has 1 heterocycles. The molecule has 168 valence electrons. The van der Waals surface area contributed by atoms with Crippen molar-refractivity contribution in [2.24, 2.45) is 0 Å². The van der Waals surface area contributed by atoms with Crippen LogP contribution in [0, 0.1) is 12.7 Å². The molecule has 0 spiro atoms. The molecule has 1 amide bonds. The van der Waals surface area contributed by atoms with E-state index in [1.165, 1.54) is 50.5 Å². The van der Waals surface area contributed by atoms with Crippen LogP contribution in [0.4, 0.5) is 10.1 Å². The molecule has 0 bridgehead atoms. The van der Waals surface area contributed by atoms with Crippen LogP contribution < -0.4 is 10.0 Å². The van der Waals surface area contributed by atoms with Gasteiger partial charge >= 0.3 is 0 Å². The third-order valence-electron chi connectivity index (χ3n) is 5.69. The van der Waals surface area contributed by atoms with E-state index in [9.17, 15) is 17.6 Å². The highest BCUT2D eigenvalue weighted by molar-refractivity contribution is 7.92. The largest absolute Gasteiger partial charge is 0.352 e. The molecule has 6 nitrogen and oxygen atoms in total. The van der Waals surface area contributed by atoms with Crippen molar-refractivity contribution in [3.05, 3.63) is 59.4 Å². The highest BCUT2D eigenvalue weighted by Crippen LogP contribution is 2.19. The van der Waals surface area contributed by atoms with Gasteiger partial charge in [-0.05, 0) is 87.7 Å². The Hall–Kier alpha value is -2.45. The lowest BCUT2D eigenvalue weighted by Crippen LogP contribution is -2.39. The number of rotatable bonds is 8. The fourth-order valence-corrected chi connectivity index (χ4v) is 4.91. The smallest absolute Gasteiger partial charge is 0.261 e. The molecule has 0 radical (unpaired) electrons. The zero-order valence-corrected chi connectivity index (χ0v) is 18.8. The van der Waals surface area contributed by atoms with Crippen molar-refractivity contribution in [2.45, 2.75) is 50.5 Å². The van der Waals surface area contributed by atoms with Gasteiger partial charge in [-0.25, -0.2) is 12.8 Å². The van der Waals surface area contributed by atoms with Crippen LogP contribution in [-0.4, -0.2) is 44.9 Å². The Bertz CT molecular complexity index is 1010. The normalized spacial score (nSPS) is 17.3. The van der Waals surface area contributed by atoms with E-state index in [-0.39, 0.29) is 16.4 Å². The minimum absolute atomic E-state index is 0.0174. The van der Waals surface area contributed by atoms with Gasteiger partial charge in [0.15, 0.2) is 0 Å². The van der Waals surface area contributed by atoms with Crippen LogP contribution in [0.2, 0.25) is 0 Å². The first-order chi connectivity index (χ1) is 14.8. The predicted octanol–water partition coefficient (Wildman–Crippen LogP) is 3.93. The molecule has 8 heteroatoms. The highest BCUT2D eigenvalue weighted by atomic mass is 32.2. The van der Waals surface area contributed by atoms with Gasteiger partial charge in [0.1, 0.15) is 5.82 Å². The summed E-state index contributed by atoms with van der Waals surface area (Å²) in [5.41, 5.74) is 1.05. The molecular weight excluding hydrogens is 417 g/mol. The summed E-state index contributed by atoms with van der Waals surface area (Å²) in [4.78, 5) is 14.8. The Morgan fingerprint density at radius 2 is 1.90 bits per heavy atom. The summed E-state index contributed by atoms with van der Waals surface area (Å²) >= 11 is 0.